The van der Waals surface area contributed by atoms with Crippen molar-refractivity contribution in [1.82, 2.24) is 14.5 Å². The molecule has 2 unspecified atom stereocenters. The molecule has 2 heterocycles. The number of fused-ring (bicyclic) bond motifs is 1. The zero-order chi connectivity index (χ0) is 14.8. The van der Waals surface area contributed by atoms with Crippen molar-refractivity contribution in [2.45, 2.75) is 52.6 Å². The van der Waals surface area contributed by atoms with E-state index in [-0.39, 0.29) is 0 Å². The molecule has 1 aromatic heterocycles. The van der Waals surface area contributed by atoms with Gasteiger partial charge in [0.15, 0.2) is 0 Å². The molecule has 1 aliphatic heterocycles. The standard InChI is InChI=1S/C18H27N3/c1-4-14(2)13-21-17-10-6-5-9-16(17)19-18(21)15(3)20-11-7-8-12-20/h5-6,9-10,14-15H,4,7-8,11-13H2,1-3H3. The zero-order valence-corrected chi connectivity index (χ0v) is 13.5. The lowest BCUT2D eigenvalue weighted by molar-refractivity contribution is 0.246. The van der Waals surface area contributed by atoms with E-state index < -0.39 is 0 Å². The van der Waals surface area contributed by atoms with Gasteiger partial charge in [0.05, 0.1) is 17.1 Å². The van der Waals surface area contributed by atoms with Crippen molar-refractivity contribution in [2.75, 3.05) is 13.1 Å². The monoisotopic (exact) mass is 285 g/mol. The summed E-state index contributed by atoms with van der Waals surface area (Å²) in [6, 6.07) is 8.99. The Labute approximate surface area is 128 Å². The topological polar surface area (TPSA) is 21.1 Å². The van der Waals surface area contributed by atoms with Gasteiger partial charge in [0.1, 0.15) is 5.82 Å². The predicted molar refractivity (Wildman–Crippen MR) is 88.4 cm³/mol. The van der Waals surface area contributed by atoms with Gasteiger partial charge in [0.2, 0.25) is 0 Å². The van der Waals surface area contributed by atoms with Gasteiger partial charge in [0.25, 0.3) is 0 Å². The average Bonchev–Trinajstić information content (AvgIpc) is 3.15. The molecule has 0 spiro atoms. The minimum Gasteiger partial charge on any atom is -0.326 e. The number of aromatic nitrogens is 2. The van der Waals surface area contributed by atoms with Gasteiger partial charge >= 0.3 is 0 Å². The number of para-hydroxylation sites is 2. The van der Waals surface area contributed by atoms with E-state index in [1.807, 2.05) is 0 Å². The largest absolute Gasteiger partial charge is 0.326 e. The maximum Gasteiger partial charge on any atom is 0.127 e. The quantitative estimate of drug-likeness (QED) is 0.819. The molecule has 0 saturated carbocycles. The summed E-state index contributed by atoms with van der Waals surface area (Å²) in [5, 5.41) is 0. The number of likely N-dealkylation sites (tertiary alicyclic amines) is 1. The molecule has 0 bridgehead atoms. The fourth-order valence-electron chi connectivity index (χ4n) is 3.34. The smallest absolute Gasteiger partial charge is 0.127 e. The van der Waals surface area contributed by atoms with E-state index in [0.29, 0.717) is 12.0 Å². The van der Waals surface area contributed by atoms with Crippen LogP contribution in [-0.2, 0) is 6.54 Å². The number of imidazole rings is 1. The fraction of sp³-hybridized carbons (Fsp3) is 0.611. The number of benzene rings is 1. The second kappa shape index (κ2) is 6.18. The number of nitrogens with zero attached hydrogens (tertiary/aromatic N) is 3. The van der Waals surface area contributed by atoms with Crippen LogP contribution in [0.4, 0.5) is 0 Å². The molecular weight excluding hydrogens is 258 g/mol. The van der Waals surface area contributed by atoms with Gasteiger partial charge in [-0.05, 0) is 50.9 Å². The molecule has 1 saturated heterocycles. The maximum absolute atomic E-state index is 4.97. The van der Waals surface area contributed by atoms with Crippen molar-refractivity contribution in [1.29, 1.82) is 0 Å². The van der Waals surface area contributed by atoms with Crippen LogP contribution in [0.25, 0.3) is 11.0 Å². The minimum absolute atomic E-state index is 0.420. The summed E-state index contributed by atoms with van der Waals surface area (Å²) in [6.07, 6.45) is 3.87. The first-order valence-corrected chi connectivity index (χ1v) is 8.40. The zero-order valence-electron chi connectivity index (χ0n) is 13.5. The number of hydrogen-bond donors (Lipinski definition) is 0. The van der Waals surface area contributed by atoms with Crippen molar-refractivity contribution >= 4 is 11.0 Å². The molecule has 1 aromatic carbocycles. The van der Waals surface area contributed by atoms with Crippen molar-refractivity contribution in [3.8, 4) is 0 Å². The summed E-state index contributed by atoms with van der Waals surface area (Å²) in [6.45, 7) is 10.4. The molecule has 3 heteroatoms. The van der Waals surface area contributed by atoms with E-state index in [9.17, 15) is 0 Å². The Bertz CT molecular complexity index is 596. The van der Waals surface area contributed by atoms with Crippen LogP contribution >= 0.6 is 0 Å². The van der Waals surface area contributed by atoms with Crippen molar-refractivity contribution in [3.05, 3.63) is 30.1 Å². The van der Waals surface area contributed by atoms with Crippen molar-refractivity contribution in [2.24, 2.45) is 5.92 Å². The molecule has 21 heavy (non-hydrogen) atoms. The highest BCUT2D eigenvalue weighted by Gasteiger charge is 2.24. The summed E-state index contributed by atoms with van der Waals surface area (Å²) >= 11 is 0. The molecule has 0 aliphatic carbocycles. The molecular formula is C18H27N3. The summed E-state index contributed by atoms with van der Waals surface area (Å²) in [5.41, 5.74) is 2.43. The molecule has 3 nitrogen and oxygen atoms in total. The molecule has 3 rings (SSSR count). The van der Waals surface area contributed by atoms with Crippen LogP contribution in [-0.4, -0.2) is 27.5 Å². The van der Waals surface area contributed by atoms with Crippen LogP contribution in [0, 0.1) is 5.92 Å². The second-order valence-electron chi connectivity index (χ2n) is 6.50. The molecule has 2 atom stereocenters. The van der Waals surface area contributed by atoms with Crippen LogP contribution in [0.5, 0.6) is 0 Å². The SMILES string of the molecule is CCC(C)Cn1c(C(C)N2CCCC2)nc2ccccc21. The highest BCUT2D eigenvalue weighted by atomic mass is 15.2. The van der Waals surface area contributed by atoms with Crippen LogP contribution in [0.2, 0.25) is 0 Å². The van der Waals surface area contributed by atoms with E-state index in [4.69, 9.17) is 4.98 Å². The van der Waals surface area contributed by atoms with Crippen molar-refractivity contribution < 1.29 is 0 Å². The third kappa shape index (κ3) is 2.84. The van der Waals surface area contributed by atoms with Gasteiger partial charge in [-0.1, -0.05) is 32.4 Å². The van der Waals surface area contributed by atoms with Crippen LogP contribution in [0.15, 0.2) is 24.3 Å². The average molecular weight is 285 g/mol. The second-order valence-corrected chi connectivity index (χ2v) is 6.50. The Morgan fingerprint density at radius 2 is 1.86 bits per heavy atom. The highest BCUT2D eigenvalue weighted by Crippen LogP contribution is 2.28. The lowest BCUT2D eigenvalue weighted by atomic mass is 10.1. The molecule has 0 amide bonds. The first kappa shape index (κ1) is 14.6. The summed E-state index contributed by atoms with van der Waals surface area (Å²) in [4.78, 5) is 7.54. The summed E-state index contributed by atoms with van der Waals surface area (Å²) in [7, 11) is 0. The first-order chi connectivity index (χ1) is 10.2. The van der Waals surface area contributed by atoms with Gasteiger partial charge < -0.3 is 4.57 Å². The van der Waals surface area contributed by atoms with Gasteiger partial charge in [0, 0.05) is 6.54 Å². The Kier molecular flexibility index (Phi) is 4.29. The van der Waals surface area contributed by atoms with E-state index in [2.05, 4.69) is 54.5 Å². The van der Waals surface area contributed by atoms with Gasteiger partial charge in [-0.3, -0.25) is 4.90 Å². The molecule has 0 radical (unpaired) electrons. The minimum atomic E-state index is 0.420. The highest BCUT2D eigenvalue weighted by molar-refractivity contribution is 5.76. The third-order valence-electron chi connectivity index (χ3n) is 4.94. The third-order valence-corrected chi connectivity index (χ3v) is 4.94. The van der Waals surface area contributed by atoms with E-state index >= 15 is 0 Å². The molecule has 2 aromatic rings. The number of hydrogen-bond acceptors (Lipinski definition) is 2. The lowest BCUT2D eigenvalue weighted by Crippen LogP contribution is -2.26. The lowest BCUT2D eigenvalue weighted by Gasteiger charge is -2.25. The Hall–Kier alpha value is -1.35. The van der Waals surface area contributed by atoms with Crippen LogP contribution in [0.1, 0.15) is 51.9 Å². The van der Waals surface area contributed by atoms with E-state index in [0.717, 1.165) is 12.1 Å². The van der Waals surface area contributed by atoms with E-state index in [1.165, 1.54) is 43.7 Å². The Morgan fingerprint density at radius 3 is 2.57 bits per heavy atom. The number of rotatable bonds is 5. The Balaban J connectivity index is 2.00. The van der Waals surface area contributed by atoms with Gasteiger partial charge in [-0.15, -0.1) is 0 Å². The molecule has 114 valence electrons. The molecule has 0 N–H and O–H groups in total. The molecule has 1 aliphatic rings. The fourth-order valence-corrected chi connectivity index (χ4v) is 3.34. The maximum atomic E-state index is 4.97. The first-order valence-electron chi connectivity index (χ1n) is 8.40. The van der Waals surface area contributed by atoms with Gasteiger partial charge in [-0.25, -0.2) is 4.98 Å². The predicted octanol–water partition coefficient (Wildman–Crippen LogP) is 4.24. The summed E-state index contributed by atoms with van der Waals surface area (Å²) < 4.78 is 2.46. The van der Waals surface area contributed by atoms with Crippen molar-refractivity contribution in [3.63, 3.8) is 0 Å². The normalized spacial score (nSPS) is 19.2. The molecule has 1 fully saturated rings. The van der Waals surface area contributed by atoms with Crippen LogP contribution < -0.4 is 0 Å². The van der Waals surface area contributed by atoms with Gasteiger partial charge in [-0.2, -0.15) is 0 Å². The Morgan fingerprint density at radius 1 is 1.14 bits per heavy atom. The van der Waals surface area contributed by atoms with Crippen LogP contribution in [0.3, 0.4) is 0 Å². The summed E-state index contributed by atoms with van der Waals surface area (Å²) in [5.74, 6) is 1.94. The van der Waals surface area contributed by atoms with E-state index in [1.54, 1.807) is 0 Å².